The molecule has 2 aromatic carbocycles. The summed E-state index contributed by atoms with van der Waals surface area (Å²) in [7, 11) is 0. The third-order valence-corrected chi connectivity index (χ3v) is 4.61. The van der Waals surface area contributed by atoms with Crippen molar-refractivity contribution in [3.8, 4) is 11.5 Å². The zero-order valence-electron chi connectivity index (χ0n) is 17.2. The van der Waals surface area contributed by atoms with E-state index in [1.54, 1.807) is 30.3 Å². The van der Waals surface area contributed by atoms with Gasteiger partial charge in [0.15, 0.2) is 11.7 Å². The van der Waals surface area contributed by atoms with Crippen LogP contribution in [0.25, 0.3) is 0 Å². The molecule has 3 N–H and O–H groups in total. The van der Waals surface area contributed by atoms with Gasteiger partial charge in [0.25, 0.3) is 11.8 Å². The van der Waals surface area contributed by atoms with E-state index in [0.29, 0.717) is 36.9 Å². The molecule has 0 aliphatic heterocycles. The van der Waals surface area contributed by atoms with Gasteiger partial charge < -0.3 is 14.2 Å². The van der Waals surface area contributed by atoms with Crippen LogP contribution in [-0.4, -0.2) is 43.4 Å². The van der Waals surface area contributed by atoms with Gasteiger partial charge in [0.2, 0.25) is 0 Å². The Kier molecular flexibility index (Phi) is 10.2. The van der Waals surface area contributed by atoms with E-state index < -0.39 is 11.8 Å². The molecule has 2 aromatic rings. The Bertz CT molecular complexity index is 926. The van der Waals surface area contributed by atoms with E-state index in [1.807, 2.05) is 26.0 Å². The molecule has 0 saturated heterocycles. The number of halogens is 1. The number of thiocarbonyl (C=S) groups is 1. The quantitative estimate of drug-likeness (QED) is 0.271. The minimum Gasteiger partial charge on any atom is -0.491 e. The number of hydrogen-bond acceptors (Lipinski definition) is 6. The number of carbonyl (C=O) groups is 2. The predicted molar refractivity (Wildman–Crippen MR) is 124 cm³/mol. The van der Waals surface area contributed by atoms with Crippen LogP contribution in [0.2, 0.25) is 0 Å². The number of aryl methyl sites for hydroxylation is 1. The van der Waals surface area contributed by atoms with Crippen LogP contribution in [0, 0.1) is 6.92 Å². The summed E-state index contributed by atoms with van der Waals surface area (Å²) < 4.78 is 16.9. The predicted octanol–water partition coefficient (Wildman–Crippen LogP) is 2.89. The highest BCUT2D eigenvalue weighted by molar-refractivity contribution is 9.10. The van der Waals surface area contributed by atoms with Crippen LogP contribution in [0.15, 0.2) is 46.9 Å². The summed E-state index contributed by atoms with van der Waals surface area (Å²) in [5.41, 5.74) is 6.26. The molecule has 0 spiro atoms. The fraction of sp³-hybridized carbons (Fsp3) is 0.286. The smallest absolute Gasteiger partial charge is 0.276 e. The summed E-state index contributed by atoms with van der Waals surface area (Å²) in [6, 6.07) is 12.2. The number of amides is 2. The molecule has 0 atom stereocenters. The molecule has 0 bridgehead atoms. The van der Waals surface area contributed by atoms with E-state index in [9.17, 15) is 9.59 Å². The largest absolute Gasteiger partial charge is 0.491 e. The Morgan fingerprint density at radius 3 is 2.61 bits per heavy atom. The molecule has 0 heterocycles. The third-order valence-electron chi connectivity index (χ3n) is 3.79. The molecule has 2 rings (SSSR count). The van der Waals surface area contributed by atoms with Gasteiger partial charge in [-0.1, -0.05) is 12.1 Å². The Labute approximate surface area is 194 Å². The highest BCUT2D eigenvalue weighted by Gasteiger charge is 2.10. The lowest BCUT2D eigenvalue weighted by Crippen LogP contribution is -2.49. The monoisotopic (exact) mass is 509 g/mol. The normalized spacial score (nSPS) is 10.2. The second-order valence-electron chi connectivity index (χ2n) is 6.25. The van der Waals surface area contributed by atoms with Gasteiger partial charge in [-0.3, -0.25) is 25.8 Å². The van der Waals surface area contributed by atoms with Gasteiger partial charge in [-0.15, -0.1) is 0 Å². The van der Waals surface area contributed by atoms with E-state index >= 15 is 0 Å². The molecule has 2 amide bonds. The van der Waals surface area contributed by atoms with Crippen molar-refractivity contribution in [2.45, 2.75) is 13.8 Å². The molecule has 0 saturated carbocycles. The average Bonchev–Trinajstić information content (AvgIpc) is 2.75. The van der Waals surface area contributed by atoms with Crippen LogP contribution >= 0.6 is 28.1 Å². The van der Waals surface area contributed by atoms with Gasteiger partial charge in [0, 0.05) is 12.2 Å². The fourth-order valence-corrected chi connectivity index (χ4v) is 3.08. The van der Waals surface area contributed by atoms with Crippen LogP contribution in [0.4, 0.5) is 0 Å². The van der Waals surface area contributed by atoms with Crippen LogP contribution < -0.4 is 25.6 Å². The van der Waals surface area contributed by atoms with E-state index in [-0.39, 0.29) is 11.7 Å². The molecular formula is C21H24BrN3O5S. The highest BCUT2D eigenvalue weighted by Crippen LogP contribution is 2.25. The molecule has 0 aromatic heterocycles. The summed E-state index contributed by atoms with van der Waals surface area (Å²) >= 11 is 8.42. The average molecular weight is 510 g/mol. The first-order valence-electron chi connectivity index (χ1n) is 9.48. The molecule has 166 valence electrons. The van der Waals surface area contributed by atoms with Gasteiger partial charge >= 0.3 is 0 Å². The Morgan fingerprint density at radius 2 is 1.87 bits per heavy atom. The number of benzene rings is 2. The van der Waals surface area contributed by atoms with Gasteiger partial charge in [0.05, 0.1) is 11.1 Å². The minimum atomic E-state index is -0.464. The molecule has 0 aliphatic carbocycles. The topological polar surface area (TPSA) is 97.9 Å². The zero-order chi connectivity index (χ0) is 22.6. The van der Waals surface area contributed by atoms with Gasteiger partial charge in [-0.2, -0.15) is 0 Å². The Morgan fingerprint density at radius 1 is 1.06 bits per heavy atom. The SMILES string of the molecule is CCOCCOc1cccc(C(=O)NC(=S)NNC(=O)COc2ccc(C)cc2Br)c1. The second-order valence-corrected chi connectivity index (χ2v) is 7.51. The zero-order valence-corrected chi connectivity index (χ0v) is 19.6. The summed E-state index contributed by atoms with van der Waals surface area (Å²) in [5.74, 6) is 0.176. The lowest BCUT2D eigenvalue weighted by molar-refractivity contribution is -0.123. The van der Waals surface area contributed by atoms with Crippen LogP contribution in [0.5, 0.6) is 11.5 Å². The number of ether oxygens (including phenoxy) is 3. The van der Waals surface area contributed by atoms with Crippen molar-refractivity contribution in [3.63, 3.8) is 0 Å². The summed E-state index contributed by atoms with van der Waals surface area (Å²) in [6.07, 6.45) is 0. The van der Waals surface area contributed by atoms with Crippen LogP contribution in [-0.2, 0) is 9.53 Å². The number of rotatable bonds is 9. The maximum Gasteiger partial charge on any atom is 0.276 e. The minimum absolute atomic E-state index is 0.0578. The van der Waals surface area contributed by atoms with Crippen LogP contribution in [0.1, 0.15) is 22.8 Å². The van der Waals surface area contributed by atoms with Gasteiger partial charge in [-0.25, -0.2) is 0 Å². The molecule has 31 heavy (non-hydrogen) atoms. The number of hydrogen-bond donors (Lipinski definition) is 3. The molecule has 0 fully saturated rings. The fourth-order valence-electron chi connectivity index (χ4n) is 2.33. The highest BCUT2D eigenvalue weighted by atomic mass is 79.9. The summed E-state index contributed by atoms with van der Waals surface area (Å²) in [6.45, 7) is 5.08. The van der Waals surface area contributed by atoms with E-state index in [0.717, 1.165) is 10.0 Å². The van der Waals surface area contributed by atoms with Crippen molar-refractivity contribution >= 4 is 45.1 Å². The number of hydrazine groups is 1. The second kappa shape index (κ2) is 12.9. The molecule has 0 unspecified atom stereocenters. The summed E-state index contributed by atoms with van der Waals surface area (Å²) in [4.78, 5) is 24.3. The van der Waals surface area contributed by atoms with Gasteiger partial charge in [0.1, 0.15) is 18.1 Å². The number of nitrogens with one attached hydrogen (secondary N) is 3. The number of carbonyl (C=O) groups excluding carboxylic acids is 2. The van der Waals surface area contributed by atoms with Crippen molar-refractivity contribution in [1.29, 1.82) is 0 Å². The molecule has 0 aliphatic rings. The van der Waals surface area contributed by atoms with E-state index in [2.05, 4.69) is 32.1 Å². The van der Waals surface area contributed by atoms with Crippen molar-refractivity contribution in [3.05, 3.63) is 58.1 Å². The first-order valence-corrected chi connectivity index (χ1v) is 10.7. The van der Waals surface area contributed by atoms with E-state index in [4.69, 9.17) is 26.4 Å². The molecule has 0 radical (unpaired) electrons. The maximum atomic E-state index is 12.3. The maximum absolute atomic E-state index is 12.3. The molecule has 10 heteroatoms. The third kappa shape index (κ3) is 8.91. The first-order chi connectivity index (χ1) is 14.9. The van der Waals surface area contributed by atoms with Crippen molar-refractivity contribution in [2.75, 3.05) is 26.4 Å². The van der Waals surface area contributed by atoms with Crippen molar-refractivity contribution in [1.82, 2.24) is 16.2 Å². The van der Waals surface area contributed by atoms with Crippen molar-refractivity contribution < 1.29 is 23.8 Å². The van der Waals surface area contributed by atoms with Crippen molar-refractivity contribution in [2.24, 2.45) is 0 Å². The van der Waals surface area contributed by atoms with Crippen LogP contribution in [0.3, 0.4) is 0 Å². The lowest BCUT2D eigenvalue weighted by atomic mass is 10.2. The molecular weight excluding hydrogens is 486 g/mol. The van der Waals surface area contributed by atoms with Gasteiger partial charge in [-0.05, 0) is 77.9 Å². The lowest BCUT2D eigenvalue weighted by Gasteiger charge is -2.12. The molecule has 8 nitrogen and oxygen atoms in total. The first kappa shape index (κ1) is 24.6. The van der Waals surface area contributed by atoms with E-state index in [1.165, 1.54) is 0 Å². The Hall–Kier alpha value is -2.69. The standard InChI is InChI=1S/C21H24BrN3O5S/c1-3-28-9-10-29-16-6-4-5-15(12-16)20(27)23-21(31)25-24-19(26)13-30-18-8-7-14(2)11-17(18)22/h4-8,11-12H,3,9-10,13H2,1-2H3,(H,24,26)(H2,23,25,27,31). The Balaban J connectivity index is 1.75. The summed E-state index contributed by atoms with van der Waals surface area (Å²) in [5, 5.41) is 2.42.